The van der Waals surface area contributed by atoms with Gasteiger partial charge < -0.3 is 14.6 Å². The molecule has 9 heteroatoms. The molecule has 0 fully saturated rings. The third kappa shape index (κ3) is 4.33. The fourth-order valence-corrected chi connectivity index (χ4v) is 4.91. The first-order chi connectivity index (χ1) is 14.5. The largest absolute Gasteiger partial charge is 0.380 e. The Kier molecular flexibility index (Phi) is 6.03. The maximum Gasteiger partial charge on any atom is 0.279 e. The maximum absolute atomic E-state index is 12.9. The lowest BCUT2D eigenvalue weighted by Gasteiger charge is -2.06. The molecule has 7 nitrogen and oxygen atoms in total. The highest BCUT2D eigenvalue weighted by Gasteiger charge is 2.11. The zero-order valence-electron chi connectivity index (χ0n) is 16.5. The first-order valence-corrected chi connectivity index (χ1v) is 11.2. The van der Waals surface area contributed by atoms with Gasteiger partial charge in [-0.05, 0) is 43.3 Å². The lowest BCUT2D eigenvalue weighted by molar-refractivity contribution is -0.114. The van der Waals surface area contributed by atoms with E-state index in [0.29, 0.717) is 35.8 Å². The van der Waals surface area contributed by atoms with E-state index < -0.39 is 0 Å². The molecule has 4 aromatic rings. The Labute approximate surface area is 180 Å². The number of nitrogens with one attached hydrogen (secondary N) is 1. The molecule has 2 amide bonds. The Morgan fingerprint density at radius 3 is 2.87 bits per heavy atom. The second kappa shape index (κ2) is 8.86. The number of hydrogen-bond donors (Lipinski definition) is 1. The van der Waals surface area contributed by atoms with Gasteiger partial charge in [0.2, 0.25) is 5.91 Å². The standard InChI is InChI=1S/C21H20N4O3S2/c1-3-28-9-8-25-17-7-5-15(23-13(2)26)11-19(17)30-21(25)24-20(27)14-4-6-16-18(10-14)29-12-22-16/h4-7,10-12H,3,8-9H2,1-2H3,(H,23,26). The van der Waals surface area contributed by atoms with Gasteiger partial charge in [0.05, 0.1) is 32.6 Å². The minimum Gasteiger partial charge on any atom is -0.380 e. The number of amides is 2. The van der Waals surface area contributed by atoms with Crippen molar-refractivity contribution >= 4 is 60.6 Å². The van der Waals surface area contributed by atoms with Gasteiger partial charge in [0.15, 0.2) is 4.80 Å². The average molecular weight is 441 g/mol. The number of ether oxygens (including phenoxy) is 1. The molecule has 2 aromatic carbocycles. The lowest BCUT2D eigenvalue weighted by atomic mass is 10.2. The van der Waals surface area contributed by atoms with E-state index in [1.165, 1.54) is 29.6 Å². The number of fused-ring (bicyclic) bond motifs is 2. The monoisotopic (exact) mass is 440 g/mol. The van der Waals surface area contributed by atoms with Gasteiger partial charge in [-0.25, -0.2) is 4.98 Å². The third-order valence-corrected chi connectivity index (χ3v) is 6.27. The minimum absolute atomic E-state index is 0.131. The number of carbonyl (C=O) groups is 2. The van der Waals surface area contributed by atoms with Gasteiger partial charge in [0.1, 0.15) is 0 Å². The third-order valence-electron chi connectivity index (χ3n) is 4.44. The molecular formula is C21H20N4O3S2. The predicted octanol–water partition coefficient (Wildman–Crippen LogP) is 4.05. The van der Waals surface area contributed by atoms with Gasteiger partial charge in [-0.3, -0.25) is 9.59 Å². The number of hydrogen-bond acceptors (Lipinski definition) is 6. The Balaban J connectivity index is 1.76. The zero-order valence-corrected chi connectivity index (χ0v) is 18.2. The maximum atomic E-state index is 12.9. The molecule has 0 radical (unpaired) electrons. The Hall–Kier alpha value is -2.88. The van der Waals surface area contributed by atoms with Crippen molar-refractivity contribution in [3.63, 3.8) is 0 Å². The van der Waals surface area contributed by atoms with Crippen LogP contribution in [0.1, 0.15) is 24.2 Å². The van der Waals surface area contributed by atoms with E-state index in [-0.39, 0.29) is 11.8 Å². The fraction of sp³-hybridized carbons (Fsp3) is 0.238. The van der Waals surface area contributed by atoms with Crippen LogP contribution in [0.2, 0.25) is 0 Å². The Morgan fingerprint density at radius 2 is 2.07 bits per heavy atom. The van der Waals surface area contributed by atoms with Crippen molar-refractivity contribution < 1.29 is 14.3 Å². The molecule has 0 aliphatic rings. The summed E-state index contributed by atoms with van der Waals surface area (Å²) in [5.74, 6) is -0.433. The van der Waals surface area contributed by atoms with Crippen LogP contribution in [0.5, 0.6) is 0 Å². The Bertz CT molecular complexity index is 1300. The van der Waals surface area contributed by atoms with Crippen LogP contribution in [-0.2, 0) is 16.1 Å². The van der Waals surface area contributed by atoms with Gasteiger partial charge in [-0.2, -0.15) is 4.99 Å². The summed E-state index contributed by atoms with van der Waals surface area (Å²) in [4.78, 5) is 33.5. The van der Waals surface area contributed by atoms with Gasteiger partial charge in [0.25, 0.3) is 5.91 Å². The van der Waals surface area contributed by atoms with Crippen LogP contribution in [0, 0.1) is 0 Å². The number of benzene rings is 2. The molecule has 4 rings (SSSR count). The number of anilines is 1. The molecule has 1 N–H and O–H groups in total. The summed E-state index contributed by atoms with van der Waals surface area (Å²) in [6, 6.07) is 11.1. The van der Waals surface area contributed by atoms with Crippen molar-refractivity contribution in [2.45, 2.75) is 20.4 Å². The number of thiazole rings is 2. The van der Waals surface area contributed by atoms with Crippen LogP contribution in [0.15, 0.2) is 46.9 Å². The zero-order chi connectivity index (χ0) is 21.1. The van der Waals surface area contributed by atoms with E-state index >= 15 is 0 Å². The first-order valence-electron chi connectivity index (χ1n) is 9.46. The number of carbonyl (C=O) groups excluding carboxylic acids is 2. The van der Waals surface area contributed by atoms with Gasteiger partial charge >= 0.3 is 0 Å². The smallest absolute Gasteiger partial charge is 0.279 e. The van der Waals surface area contributed by atoms with Crippen molar-refractivity contribution in [3.05, 3.63) is 52.3 Å². The van der Waals surface area contributed by atoms with Crippen LogP contribution < -0.4 is 10.1 Å². The van der Waals surface area contributed by atoms with Crippen LogP contribution in [0.25, 0.3) is 20.4 Å². The molecule has 0 saturated carbocycles. The van der Waals surface area contributed by atoms with Gasteiger partial charge in [-0.15, -0.1) is 11.3 Å². The predicted molar refractivity (Wildman–Crippen MR) is 120 cm³/mol. The normalized spacial score (nSPS) is 12.0. The van der Waals surface area contributed by atoms with Crippen molar-refractivity contribution in [1.82, 2.24) is 9.55 Å². The van der Waals surface area contributed by atoms with Crippen molar-refractivity contribution in [3.8, 4) is 0 Å². The molecule has 154 valence electrons. The van der Waals surface area contributed by atoms with E-state index in [0.717, 1.165) is 20.4 Å². The molecule has 0 saturated heterocycles. The summed E-state index contributed by atoms with van der Waals surface area (Å²) < 4.78 is 9.38. The summed E-state index contributed by atoms with van der Waals surface area (Å²) in [6.07, 6.45) is 0. The van der Waals surface area contributed by atoms with Crippen molar-refractivity contribution in [2.24, 2.45) is 4.99 Å². The topological polar surface area (TPSA) is 85.6 Å². The molecule has 2 aromatic heterocycles. The molecule has 0 unspecified atom stereocenters. The molecule has 30 heavy (non-hydrogen) atoms. The summed E-state index contributed by atoms with van der Waals surface area (Å²) in [6.45, 7) is 5.13. The van der Waals surface area contributed by atoms with E-state index in [2.05, 4.69) is 15.3 Å². The molecule has 0 atom stereocenters. The first kappa shape index (κ1) is 20.4. The van der Waals surface area contributed by atoms with Crippen LogP contribution in [0.4, 0.5) is 5.69 Å². The highest BCUT2D eigenvalue weighted by Crippen LogP contribution is 2.23. The summed E-state index contributed by atoms with van der Waals surface area (Å²) >= 11 is 2.90. The van der Waals surface area contributed by atoms with Crippen LogP contribution >= 0.6 is 22.7 Å². The summed E-state index contributed by atoms with van der Waals surface area (Å²) in [5, 5.41) is 2.79. The van der Waals surface area contributed by atoms with Crippen molar-refractivity contribution in [1.29, 1.82) is 0 Å². The van der Waals surface area contributed by atoms with E-state index in [4.69, 9.17) is 4.74 Å². The van der Waals surface area contributed by atoms with E-state index in [9.17, 15) is 9.59 Å². The number of nitrogens with zero attached hydrogens (tertiary/aromatic N) is 3. The number of rotatable bonds is 6. The highest BCUT2D eigenvalue weighted by molar-refractivity contribution is 7.17. The molecule has 0 bridgehead atoms. The second-order valence-electron chi connectivity index (χ2n) is 6.55. The van der Waals surface area contributed by atoms with Crippen LogP contribution in [-0.4, -0.2) is 34.6 Å². The molecule has 0 spiro atoms. The molecule has 0 aliphatic carbocycles. The number of aromatic nitrogens is 2. The van der Waals surface area contributed by atoms with Crippen LogP contribution in [0.3, 0.4) is 0 Å². The quantitative estimate of drug-likeness (QED) is 0.459. The molecular weight excluding hydrogens is 420 g/mol. The average Bonchev–Trinajstić information content (AvgIpc) is 3.31. The molecule has 0 aliphatic heterocycles. The molecule has 2 heterocycles. The van der Waals surface area contributed by atoms with Crippen molar-refractivity contribution in [2.75, 3.05) is 18.5 Å². The SMILES string of the molecule is CCOCCn1c(=NC(=O)c2ccc3ncsc3c2)sc2cc(NC(C)=O)ccc21. The van der Waals surface area contributed by atoms with E-state index in [1.807, 2.05) is 41.8 Å². The van der Waals surface area contributed by atoms with E-state index in [1.54, 1.807) is 11.6 Å². The lowest BCUT2D eigenvalue weighted by Crippen LogP contribution is -2.19. The minimum atomic E-state index is -0.302. The van der Waals surface area contributed by atoms with Gasteiger partial charge in [0, 0.05) is 31.3 Å². The Morgan fingerprint density at radius 1 is 1.20 bits per heavy atom. The second-order valence-corrected chi connectivity index (χ2v) is 8.44. The highest BCUT2D eigenvalue weighted by atomic mass is 32.1. The fourth-order valence-electron chi connectivity index (χ4n) is 3.10. The summed E-state index contributed by atoms with van der Waals surface area (Å²) in [5.41, 5.74) is 4.81. The summed E-state index contributed by atoms with van der Waals surface area (Å²) in [7, 11) is 0. The van der Waals surface area contributed by atoms with Gasteiger partial charge in [-0.1, -0.05) is 11.3 Å².